The third-order valence-electron chi connectivity index (χ3n) is 3.62. The predicted octanol–water partition coefficient (Wildman–Crippen LogP) is 2.98. The summed E-state index contributed by atoms with van der Waals surface area (Å²) in [5, 5.41) is 2.74. The average molecular weight is 457 g/mol. The van der Waals surface area contributed by atoms with Gasteiger partial charge < -0.3 is 14.8 Å². The highest BCUT2D eigenvalue weighted by molar-refractivity contribution is 9.10. The van der Waals surface area contributed by atoms with Crippen molar-refractivity contribution in [1.82, 2.24) is 4.31 Å². The van der Waals surface area contributed by atoms with E-state index in [1.165, 1.54) is 38.4 Å². The monoisotopic (exact) mass is 456 g/mol. The summed E-state index contributed by atoms with van der Waals surface area (Å²) < 4.78 is 36.6. The molecule has 7 nitrogen and oxygen atoms in total. The van der Waals surface area contributed by atoms with Gasteiger partial charge in [0.1, 0.15) is 12.4 Å². The molecule has 0 unspecified atom stereocenters. The van der Waals surface area contributed by atoms with Gasteiger partial charge in [0.25, 0.3) is 5.91 Å². The van der Waals surface area contributed by atoms with Gasteiger partial charge in [-0.1, -0.05) is 15.9 Å². The Kier molecular flexibility index (Phi) is 7.37. The van der Waals surface area contributed by atoms with E-state index in [1.54, 1.807) is 25.3 Å². The van der Waals surface area contributed by atoms with E-state index in [0.29, 0.717) is 30.2 Å². The van der Waals surface area contributed by atoms with Crippen LogP contribution >= 0.6 is 15.9 Å². The molecule has 0 aliphatic rings. The molecule has 1 N–H and O–H groups in total. The molecule has 0 aromatic heterocycles. The number of hydrogen-bond donors (Lipinski definition) is 1. The molecular formula is C18H21BrN2O5S. The number of rotatable bonds is 8. The fourth-order valence-electron chi connectivity index (χ4n) is 2.16. The first-order valence-electron chi connectivity index (χ1n) is 8.01. The van der Waals surface area contributed by atoms with Gasteiger partial charge in [0.15, 0.2) is 0 Å². The van der Waals surface area contributed by atoms with Gasteiger partial charge >= 0.3 is 0 Å². The van der Waals surface area contributed by atoms with Gasteiger partial charge in [-0.3, -0.25) is 4.79 Å². The SMILES string of the molecule is COCCOc1ccc(Br)cc1C(=O)Nc1ccc(S(=O)(=O)N(C)C)cc1. The largest absolute Gasteiger partial charge is 0.490 e. The minimum Gasteiger partial charge on any atom is -0.490 e. The van der Waals surface area contributed by atoms with E-state index in [0.717, 1.165) is 8.78 Å². The Labute approximate surface area is 167 Å². The van der Waals surface area contributed by atoms with Crippen molar-refractivity contribution >= 4 is 37.5 Å². The van der Waals surface area contributed by atoms with Crippen LogP contribution in [0.3, 0.4) is 0 Å². The summed E-state index contributed by atoms with van der Waals surface area (Å²) in [4.78, 5) is 12.8. The zero-order valence-electron chi connectivity index (χ0n) is 15.2. The first kappa shape index (κ1) is 21.4. The van der Waals surface area contributed by atoms with Gasteiger partial charge in [0.2, 0.25) is 10.0 Å². The molecule has 0 aliphatic heterocycles. The molecule has 0 fully saturated rings. The summed E-state index contributed by atoms with van der Waals surface area (Å²) in [5.74, 6) is 0.0616. The molecular weight excluding hydrogens is 436 g/mol. The Bertz CT molecular complexity index is 898. The number of carbonyl (C=O) groups is 1. The van der Waals surface area contributed by atoms with Crippen LogP contribution in [-0.2, 0) is 14.8 Å². The van der Waals surface area contributed by atoms with Crippen LogP contribution in [0, 0.1) is 0 Å². The fourth-order valence-corrected chi connectivity index (χ4v) is 3.42. The zero-order chi connectivity index (χ0) is 20.0. The van der Waals surface area contributed by atoms with Crippen molar-refractivity contribution in [3.8, 4) is 5.75 Å². The highest BCUT2D eigenvalue weighted by atomic mass is 79.9. The van der Waals surface area contributed by atoms with Gasteiger partial charge in [0, 0.05) is 31.4 Å². The highest BCUT2D eigenvalue weighted by Gasteiger charge is 2.18. The van der Waals surface area contributed by atoms with E-state index in [1.807, 2.05) is 0 Å². The molecule has 0 radical (unpaired) electrons. The number of carbonyl (C=O) groups excluding carboxylic acids is 1. The number of benzene rings is 2. The van der Waals surface area contributed by atoms with Crippen LogP contribution < -0.4 is 10.1 Å². The Balaban J connectivity index is 2.19. The van der Waals surface area contributed by atoms with Crippen molar-refractivity contribution in [2.24, 2.45) is 0 Å². The molecule has 2 rings (SSSR count). The van der Waals surface area contributed by atoms with Crippen LogP contribution in [0.1, 0.15) is 10.4 Å². The molecule has 146 valence electrons. The Morgan fingerprint density at radius 1 is 1.11 bits per heavy atom. The van der Waals surface area contributed by atoms with Crippen LogP contribution in [0.2, 0.25) is 0 Å². The van der Waals surface area contributed by atoms with Gasteiger partial charge in [0.05, 0.1) is 17.1 Å². The van der Waals surface area contributed by atoms with Gasteiger partial charge in [-0.2, -0.15) is 0 Å². The van der Waals surface area contributed by atoms with E-state index in [-0.39, 0.29) is 10.8 Å². The minimum absolute atomic E-state index is 0.150. The molecule has 0 spiro atoms. The number of nitrogens with zero attached hydrogens (tertiary/aromatic N) is 1. The molecule has 2 aromatic rings. The lowest BCUT2D eigenvalue weighted by molar-refractivity contribution is 0.101. The maximum absolute atomic E-state index is 12.6. The van der Waals surface area contributed by atoms with E-state index >= 15 is 0 Å². The highest BCUT2D eigenvalue weighted by Crippen LogP contribution is 2.25. The van der Waals surface area contributed by atoms with Gasteiger partial charge in [-0.15, -0.1) is 0 Å². The first-order chi connectivity index (χ1) is 12.8. The second-order valence-corrected chi connectivity index (χ2v) is 8.82. The van der Waals surface area contributed by atoms with Crippen molar-refractivity contribution in [1.29, 1.82) is 0 Å². The normalized spacial score (nSPS) is 11.4. The summed E-state index contributed by atoms with van der Waals surface area (Å²) in [5.41, 5.74) is 0.825. The standard InChI is InChI=1S/C18H21BrN2O5S/c1-21(2)27(23,24)15-7-5-14(6-8-15)20-18(22)16-12-13(19)4-9-17(16)26-11-10-25-3/h4-9,12H,10-11H2,1-3H3,(H,20,22). The summed E-state index contributed by atoms with van der Waals surface area (Å²) in [6.07, 6.45) is 0. The lowest BCUT2D eigenvalue weighted by atomic mass is 10.2. The van der Waals surface area contributed by atoms with E-state index in [2.05, 4.69) is 21.2 Å². The Hall–Kier alpha value is -1.94. The maximum atomic E-state index is 12.6. The number of sulfonamides is 1. The first-order valence-corrected chi connectivity index (χ1v) is 10.2. The lowest BCUT2D eigenvalue weighted by Crippen LogP contribution is -2.22. The number of halogens is 1. The number of nitrogens with one attached hydrogen (secondary N) is 1. The van der Waals surface area contributed by atoms with Crippen molar-refractivity contribution in [2.45, 2.75) is 4.90 Å². The number of methoxy groups -OCH3 is 1. The van der Waals surface area contributed by atoms with Crippen molar-refractivity contribution < 1.29 is 22.7 Å². The molecule has 0 aliphatic carbocycles. The molecule has 0 heterocycles. The second kappa shape index (κ2) is 9.32. The molecule has 0 atom stereocenters. The van der Waals surface area contributed by atoms with Gasteiger partial charge in [-0.05, 0) is 42.5 Å². The van der Waals surface area contributed by atoms with Gasteiger partial charge in [-0.25, -0.2) is 12.7 Å². The van der Waals surface area contributed by atoms with E-state index in [4.69, 9.17) is 9.47 Å². The van der Waals surface area contributed by atoms with Crippen LogP contribution in [0.4, 0.5) is 5.69 Å². The summed E-state index contributed by atoms with van der Waals surface area (Å²) in [6.45, 7) is 0.717. The number of hydrogen-bond acceptors (Lipinski definition) is 5. The van der Waals surface area contributed by atoms with Crippen molar-refractivity contribution in [3.63, 3.8) is 0 Å². The molecule has 2 aromatic carbocycles. The predicted molar refractivity (Wildman–Crippen MR) is 107 cm³/mol. The molecule has 1 amide bonds. The molecule has 0 bridgehead atoms. The van der Waals surface area contributed by atoms with E-state index in [9.17, 15) is 13.2 Å². The van der Waals surface area contributed by atoms with E-state index < -0.39 is 10.0 Å². The maximum Gasteiger partial charge on any atom is 0.259 e. The molecule has 0 saturated heterocycles. The number of amides is 1. The third-order valence-corrected chi connectivity index (χ3v) is 5.94. The van der Waals surface area contributed by atoms with Crippen molar-refractivity contribution in [2.75, 3.05) is 39.7 Å². The zero-order valence-corrected chi connectivity index (χ0v) is 17.6. The Morgan fingerprint density at radius 2 is 1.78 bits per heavy atom. The quantitative estimate of drug-likeness (QED) is 0.617. The average Bonchev–Trinajstić information content (AvgIpc) is 2.63. The van der Waals surface area contributed by atoms with Crippen LogP contribution in [0.5, 0.6) is 5.75 Å². The third kappa shape index (κ3) is 5.52. The minimum atomic E-state index is -3.52. The second-order valence-electron chi connectivity index (χ2n) is 5.75. The molecule has 27 heavy (non-hydrogen) atoms. The topological polar surface area (TPSA) is 84.9 Å². The van der Waals surface area contributed by atoms with Crippen LogP contribution in [0.25, 0.3) is 0 Å². The number of anilines is 1. The summed E-state index contributed by atoms with van der Waals surface area (Å²) in [6, 6.07) is 11.1. The molecule has 9 heteroatoms. The van der Waals surface area contributed by atoms with Crippen molar-refractivity contribution in [3.05, 3.63) is 52.5 Å². The number of ether oxygens (including phenoxy) is 2. The van der Waals surface area contributed by atoms with Crippen LogP contribution in [0.15, 0.2) is 51.8 Å². The summed E-state index contributed by atoms with van der Waals surface area (Å²) in [7, 11) is 0.975. The van der Waals surface area contributed by atoms with Crippen LogP contribution in [-0.4, -0.2) is 53.0 Å². The summed E-state index contributed by atoms with van der Waals surface area (Å²) >= 11 is 3.35. The Morgan fingerprint density at radius 3 is 2.37 bits per heavy atom. The lowest BCUT2D eigenvalue weighted by Gasteiger charge is -2.13. The molecule has 0 saturated carbocycles. The fraction of sp³-hybridized carbons (Fsp3) is 0.278. The smallest absolute Gasteiger partial charge is 0.259 e.